The molecule has 1 N–H and O–H groups in total. The Morgan fingerprint density at radius 2 is 2.12 bits per heavy atom. The lowest BCUT2D eigenvalue weighted by Crippen LogP contribution is -2.16. The van der Waals surface area contributed by atoms with E-state index in [4.69, 9.17) is 0 Å². The number of dihydropyridines is 1. The summed E-state index contributed by atoms with van der Waals surface area (Å²) in [5, 5.41) is 4.54. The van der Waals surface area contributed by atoms with Crippen molar-refractivity contribution >= 4 is 10.9 Å². The molecule has 3 rings (SSSR count). The summed E-state index contributed by atoms with van der Waals surface area (Å²) in [6, 6.07) is 10.7. The molecule has 0 bridgehead atoms. The maximum atomic E-state index is 3.23. The highest BCUT2D eigenvalue weighted by Crippen LogP contribution is 2.16. The van der Waals surface area contributed by atoms with Crippen LogP contribution in [0.25, 0.3) is 10.9 Å². The largest absolute Gasteiger partial charge is 0.387 e. The van der Waals surface area contributed by atoms with Gasteiger partial charge in [0, 0.05) is 24.8 Å². The molecule has 1 aromatic carbocycles. The molecular weight excluding hydrogens is 196 g/mol. The molecule has 0 amide bonds. The average Bonchev–Trinajstić information content (AvgIpc) is 2.74. The minimum Gasteiger partial charge on any atom is -0.387 e. The Hall–Kier alpha value is -1.96. The monoisotopic (exact) mass is 210 g/mol. The summed E-state index contributed by atoms with van der Waals surface area (Å²) < 4.78 is 2.29. The summed E-state index contributed by atoms with van der Waals surface area (Å²) >= 11 is 0. The van der Waals surface area contributed by atoms with Crippen molar-refractivity contribution in [1.82, 2.24) is 9.88 Å². The standard InChI is InChI=1S/C14H14N2/c1-2-6-14-13(5-1)7-9-16(14)11-12-4-3-8-15-10-12/h1-9,15H,10-11H2. The Morgan fingerprint density at radius 3 is 3.00 bits per heavy atom. The summed E-state index contributed by atoms with van der Waals surface area (Å²) in [5.74, 6) is 0. The quantitative estimate of drug-likeness (QED) is 0.806. The SMILES string of the molecule is C1=CNCC(Cn2ccc3ccccc32)=C1. The van der Waals surface area contributed by atoms with Gasteiger partial charge in [0.15, 0.2) is 0 Å². The van der Waals surface area contributed by atoms with Crippen LogP contribution >= 0.6 is 0 Å². The van der Waals surface area contributed by atoms with Crippen molar-refractivity contribution in [3.05, 3.63) is 60.5 Å². The van der Waals surface area contributed by atoms with Gasteiger partial charge in [-0.25, -0.2) is 0 Å². The van der Waals surface area contributed by atoms with E-state index >= 15 is 0 Å². The zero-order valence-corrected chi connectivity index (χ0v) is 9.06. The van der Waals surface area contributed by atoms with Gasteiger partial charge >= 0.3 is 0 Å². The normalized spacial score (nSPS) is 14.9. The number of nitrogens with one attached hydrogen (secondary N) is 1. The van der Waals surface area contributed by atoms with Crippen LogP contribution in [-0.2, 0) is 6.54 Å². The highest BCUT2D eigenvalue weighted by molar-refractivity contribution is 5.80. The Labute approximate surface area is 94.9 Å². The zero-order chi connectivity index (χ0) is 10.8. The highest BCUT2D eigenvalue weighted by atomic mass is 15.0. The van der Waals surface area contributed by atoms with Crippen LogP contribution in [-0.4, -0.2) is 11.1 Å². The van der Waals surface area contributed by atoms with Crippen LogP contribution in [0.2, 0.25) is 0 Å². The second-order valence-electron chi connectivity index (χ2n) is 4.07. The number of para-hydroxylation sites is 1. The molecule has 0 radical (unpaired) electrons. The Kier molecular flexibility index (Phi) is 2.26. The fourth-order valence-electron chi connectivity index (χ4n) is 2.11. The molecule has 2 heteroatoms. The van der Waals surface area contributed by atoms with Gasteiger partial charge in [0.25, 0.3) is 0 Å². The van der Waals surface area contributed by atoms with E-state index in [2.05, 4.69) is 58.6 Å². The number of rotatable bonds is 2. The molecule has 0 saturated carbocycles. The van der Waals surface area contributed by atoms with Gasteiger partial charge in [0.05, 0.1) is 0 Å². The fraction of sp³-hybridized carbons (Fsp3) is 0.143. The summed E-state index contributed by atoms with van der Waals surface area (Å²) in [7, 11) is 0. The van der Waals surface area contributed by atoms with E-state index in [1.165, 1.54) is 16.5 Å². The molecular formula is C14H14N2. The van der Waals surface area contributed by atoms with Gasteiger partial charge in [-0.2, -0.15) is 0 Å². The Morgan fingerprint density at radius 1 is 1.19 bits per heavy atom. The van der Waals surface area contributed by atoms with E-state index in [0.717, 1.165) is 13.1 Å². The lowest BCUT2D eigenvalue weighted by Gasteiger charge is -2.12. The molecule has 0 saturated heterocycles. The van der Waals surface area contributed by atoms with Crippen LogP contribution in [0.15, 0.2) is 60.5 Å². The van der Waals surface area contributed by atoms with Gasteiger partial charge in [-0.1, -0.05) is 24.3 Å². The number of hydrogen-bond donors (Lipinski definition) is 1. The van der Waals surface area contributed by atoms with Crippen LogP contribution in [0.4, 0.5) is 0 Å². The molecule has 0 atom stereocenters. The van der Waals surface area contributed by atoms with Crippen molar-refractivity contribution in [1.29, 1.82) is 0 Å². The van der Waals surface area contributed by atoms with Crippen LogP contribution in [0.5, 0.6) is 0 Å². The summed E-state index contributed by atoms with van der Waals surface area (Å²) in [6.07, 6.45) is 8.39. The Balaban J connectivity index is 1.94. The molecule has 0 fully saturated rings. The molecule has 2 nitrogen and oxygen atoms in total. The average molecular weight is 210 g/mol. The number of aromatic nitrogens is 1. The predicted molar refractivity (Wildman–Crippen MR) is 67.2 cm³/mol. The van der Waals surface area contributed by atoms with E-state index in [9.17, 15) is 0 Å². The second kappa shape index (κ2) is 3.89. The van der Waals surface area contributed by atoms with E-state index < -0.39 is 0 Å². The topological polar surface area (TPSA) is 17.0 Å². The molecule has 1 aromatic heterocycles. The van der Waals surface area contributed by atoms with Crippen molar-refractivity contribution in [3.8, 4) is 0 Å². The lowest BCUT2D eigenvalue weighted by molar-refractivity contribution is 0.762. The highest BCUT2D eigenvalue weighted by Gasteiger charge is 2.03. The number of nitrogens with zero attached hydrogens (tertiary/aromatic N) is 1. The number of fused-ring (bicyclic) bond motifs is 1. The van der Waals surface area contributed by atoms with Crippen molar-refractivity contribution in [2.24, 2.45) is 0 Å². The first-order chi connectivity index (χ1) is 7.93. The number of allylic oxidation sites excluding steroid dienone is 2. The first kappa shape index (κ1) is 9.28. The predicted octanol–water partition coefficient (Wildman–Crippen LogP) is 2.68. The fourth-order valence-corrected chi connectivity index (χ4v) is 2.11. The van der Waals surface area contributed by atoms with Gasteiger partial charge in [0.1, 0.15) is 0 Å². The molecule has 2 heterocycles. The van der Waals surface area contributed by atoms with Crippen molar-refractivity contribution in [2.45, 2.75) is 6.54 Å². The van der Waals surface area contributed by atoms with Crippen LogP contribution < -0.4 is 5.32 Å². The number of benzene rings is 1. The summed E-state index contributed by atoms with van der Waals surface area (Å²) in [6.45, 7) is 1.91. The third kappa shape index (κ3) is 1.63. The first-order valence-electron chi connectivity index (χ1n) is 5.55. The molecule has 1 aliphatic rings. The lowest BCUT2D eigenvalue weighted by atomic mass is 10.2. The second-order valence-corrected chi connectivity index (χ2v) is 4.07. The third-order valence-electron chi connectivity index (χ3n) is 2.93. The van der Waals surface area contributed by atoms with Gasteiger partial charge in [0.2, 0.25) is 0 Å². The smallest absolute Gasteiger partial charge is 0.0483 e. The van der Waals surface area contributed by atoms with Crippen molar-refractivity contribution < 1.29 is 0 Å². The number of hydrogen-bond acceptors (Lipinski definition) is 1. The first-order valence-corrected chi connectivity index (χ1v) is 5.55. The Bertz CT molecular complexity index is 561. The van der Waals surface area contributed by atoms with Gasteiger partial charge in [-0.05, 0) is 35.4 Å². The van der Waals surface area contributed by atoms with Crippen molar-refractivity contribution in [2.75, 3.05) is 6.54 Å². The van der Waals surface area contributed by atoms with Gasteiger partial charge in [-0.3, -0.25) is 0 Å². The summed E-state index contributed by atoms with van der Waals surface area (Å²) in [5.41, 5.74) is 2.71. The summed E-state index contributed by atoms with van der Waals surface area (Å²) in [4.78, 5) is 0. The maximum Gasteiger partial charge on any atom is 0.0483 e. The van der Waals surface area contributed by atoms with E-state index in [1.807, 2.05) is 6.20 Å². The molecule has 16 heavy (non-hydrogen) atoms. The van der Waals surface area contributed by atoms with Crippen LogP contribution in [0, 0.1) is 0 Å². The van der Waals surface area contributed by atoms with Crippen LogP contribution in [0.1, 0.15) is 0 Å². The molecule has 80 valence electrons. The van der Waals surface area contributed by atoms with E-state index in [-0.39, 0.29) is 0 Å². The molecule has 1 aliphatic heterocycles. The van der Waals surface area contributed by atoms with Gasteiger partial charge in [-0.15, -0.1) is 0 Å². The third-order valence-corrected chi connectivity index (χ3v) is 2.93. The maximum absolute atomic E-state index is 3.23. The minimum absolute atomic E-state index is 0.947. The molecule has 0 unspecified atom stereocenters. The molecule has 0 spiro atoms. The molecule has 2 aromatic rings. The van der Waals surface area contributed by atoms with Gasteiger partial charge < -0.3 is 9.88 Å². The minimum atomic E-state index is 0.947. The van der Waals surface area contributed by atoms with E-state index in [0.29, 0.717) is 0 Å². The molecule has 0 aliphatic carbocycles. The van der Waals surface area contributed by atoms with Crippen LogP contribution in [0.3, 0.4) is 0 Å². The van der Waals surface area contributed by atoms with E-state index in [1.54, 1.807) is 0 Å². The van der Waals surface area contributed by atoms with Crippen molar-refractivity contribution in [3.63, 3.8) is 0 Å². The zero-order valence-electron chi connectivity index (χ0n) is 9.06.